The Morgan fingerprint density at radius 1 is 0.548 bits per heavy atom. The van der Waals surface area contributed by atoms with Gasteiger partial charge >= 0.3 is 0 Å². The summed E-state index contributed by atoms with van der Waals surface area (Å²) in [5.41, 5.74) is 11.6. The van der Waals surface area contributed by atoms with E-state index in [0.29, 0.717) is 5.69 Å². The summed E-state index contributed by atoms with van der Waals surface area (Å²) in [6, 6.07) is 38.5. The number of rotatable bonds is 3. The zero-order valence-electron chi connectivity index (χ0n) is 23.3. The van der Waals surface area contributed by atoms with Crippen molar-refractivity contribution < 1.29 is 0 Å². The van der Waals surface area contributed by atoms with Crippen molar-refractivity contribution in [3.63, 3.8) is 0 Å². The molecule has 0 aliphatic carbocycles. The molecule has 0 radical (unpaired) electrons. The largest absolute Gasteiger partial charge is 0.309 e. The van der Waals surface area contributed by atoms with Crippen molar-refractivity contribution in [2.75, 3.05) is 0 Å². The van der Waals surface area contributed by atoms with E-state index in [1.807, 2.05) is 24.5 Å². The maximum absolute atomic E-state index is 7.86. The summed E-state index contributed by atoms with van der Waals surface area (Å²) in [6.45, 7) is 12.1. The molecule has 0 N–H and O–H groups in total. The Morgan fingerprint density at radius 2 is 1.12 bits per heavy atom. The van der Waals surface area contributed by atoms with Crippen LogP contribution in [0.25, 0.3) is 71.0 Å². The molecular weight excluding hydrogens is 512 g/mol. The van der Waals surface area contributed by atoms with Crippen LogP contribution >= 0.6 is 0 Å². The number of hydrogen-bond donors (Lipinski definition) is 0. The number of benzene rings is 5. The third kappa shape index (κ3) is 3.51. The molecule has 0 saturated carbocycles. The van der Waals surface area contributed by atoms with Crippen LogP contribution in [0.3, 0.4) is 0 Å². The average molecular weight is 539 g/mol. The molecule has 8 aromatic rings. The highest BCUT2D eigenvalue weighted by Gasteiger charge is 2.20. The van der Waals surface area contributed by atoms with Gasteiger partial charge in [0.15, 0.2) is 5.69 Å². The minimum absolute atomic E-state index is 0.603. The number of hydrogen-bond acceptors (Lipinski definition) is 1. The number of fused-ring (bicyclic) bond motifs is 6. The highest BCUT2D eigenvalue weighted by Crippen LogP contribution is 2.41. The van der Waals surface area contributed by atoms with Gasteiger partial charge in [-0.25, -0.2) is 4.85 Å². The molecule has 5 aromatic carbocycles. The third-order valence-electron chi connectivity index (χ3n) is 8.34. The molecule has 42 heavy (non-hydrogen) atoms. The van der Waals surface area contributed by atoms with Gasteiger partial charge in [-0.15, -0.1) is 0 Å². The van der Waals surface area contributed by atoms with Gasteiger partial charge in [-0.1, -0.05) is 65.7 Å². The minimum atomic E-state index is 0.603. The van der Waals surface area contributed by atoms with E-state index in [1.54, 1.807) is 0 Å². The molecule has 4 nitrogen and oxygen atoms in total. The summed E-state index contributed by atoms with van der Waals surface area (Å²) >= 11 is 0. The summed E-state index contributed by atoms with van der Waals surface area (Å²) in [4.78, 5) is 8.45. The number of nitrogens with zero attached hydrogens (tertiary/aromatic N) is 4. The van der Waals surface area contributed by atoms with Gasteiger partial charge in [0.1, 0.15) is 0 Å². The molecule has 0 bridgehead atoms. The van der Waals surface area contributed by atoms with Crippen molar-refractivity contribution in [2.24, 2.45) is 0 Å². The molecule has 0 amide bonds. The first-order chi connectivity index (χ1) is 20.6. The molecule has 198 valence electrons. The molecule has 3 heterocycles. The molecule has 8 rings (SSSR count). The SMILES string of the molecule is [C-]#[N+]c1ccc(-n2c3ccccc3c3cc(C)ccc32)c(-c2ccncc2-n2c3ccccc3c3cc(C)ccc32)c1. The van der Waals surface area contributed by atoms with Crippen LogP contribution in [0, 0.1) is 20.4 Å². The van der Waals surface area contributed by atoms with Crippen LogP contribution < -0.4 is 0 Å². The van der Waals surface area contributed by atoms with Crippen molar-refractivity contribution >= 4 is 49.3 Å². The maximum Gasteiger partial charge on any atom is 0.188 e. The van der Waals surface area contributed by atoms with Crippen LogP contribution in [0.4, 0.5) is 5.69 Å². The lowest BCUT2D eigenvalue weighted by Crippen LogP contribution is -2.02. The fourth-order valence-corrected chi connectivity index (χ4v) is 6.49. The van der Waals surface area contributed by atoms with Gasteiger partial charge in [-0.05, 0) is 74.0 Å². The van der Waals surface area contributed by atoms with Crippen LogP contribution in [0.2, 0.25) is 0 Å². The fourth-order valence-electron chi connectivity index (χ4n) is 6.49. The van der Waals surface area contributed by atoms with Crippen LogP contribution in [0.5, 0.6) is 0 Å². The molecule has 4 heteroatoms. The Balaban J connectivity index is 1.49. The predicted octanol–water partition coefficient (Wildman–Crippen LogP) is 10.1. The van der Waals surface area contributed by atoms with Crippen LogP contribution in [-0.2, 0) is 0 Å². The van der Waals surface area contributed by atoms with Crippen molar-refractivity contribution in [3.8, 4) is 22.5 Å². The number of pyridine rings is 1. The molecule has 0 aliphatic heterocycles. The summed E-state index contributed by atoms with van der Waals surface area (Å²) in [7, 11) is 0. The monoisotopic (exact) mass is 538 g/mol. The average Bonchev–Trinajstić information content (AvgIpc) is 3.53. The Kier molecular flexibility index (Phi) is 5.29. The van der Waals surface area contributed by atoms with Crippen molar-refractivity contribution in [3.05, 3.63) is 144 Å². The zero-order valence-corrected chi connectivity index (χ0v) is 23.3. The standard InChI is InChI=1S/C38H26N4/c1-24-12-15-35-30(20-24)27-8-4-6-10-33(27)41(35)37-17-14-26(39-3)22-32(37)29-18-19-40-23-38(29)42-34-11-7-5-9-28(34)31-21-25(2)13-16-36(31)42/h4-23H,1-2H3. The molecule has 0 unspecified atom stereocenters. The third-order valence-corrected chi connectivity index (χ3v) is 8.34. The highest BCUT2D eigenvalue weighted by molar-refractivity contribution is 6.11. The van der Waals surface area contributed by atoms with Gasteiger partial charge in [-0.2, -0.15) is 0 Å². The van der Waals surface area contributed by atoms with Gasteiger partial charge in [0.05, 0.1) is 46.2 Å². The van der Waals surface area contributed by atoms with E-state index in [2.05, 4.69) is 130 Å². The normalized spacial score (nSPS) is 11.5. The van der Waals surface area contributed by atoms with Gasteiger partial charge in [-0.3, -0.25) is 4.98 Å². The van der Waals surface area contributed by atoms with E-state index in [9.17, 15) is 0 Å². The first kappa shape index (κ1) is 24.2. The van der Waals surface area contributed by atoms with E-state index in [0.717, 1.165) is 44.6 Å². The highest BCUT2D eigenvalue weighted by atomic mass is 15.0. The fraction of sp³-hybridized carbons (Fsp3) is 0.0526. The van der Waals surface area contributed by atoms with E-state index in [1.165, 1.54) is 32.7 Å². The Labute approximate surface area is 243 Å². The van der Waals surface area contributed by atoms with E-state index in [4.69, 9.17) is 6.57 Å². The minimum Gasteiger partial charge on any atom is -0.309 e. The molecule has 0 aliphatic rings. The summed E-state index contributed by atoms with van der Waals surface area (Å²) in [6.07, 6.45) is 3.80. The molecule has 0 fully saturated rings. The number of aryl methyl sites for hydroxylation is 2. The van der Waals surface area contributed by atoms with Gasteiger partial charge in [0, 0.05) is 33.3 Å². The number of para-hydroxylation sites is 2. The summed E-state index contributed by atoms with van der Waals surface area (Å²) < 4.78 is 4.66. The molecular formula is C38H26N4. The quantitative estimate of drug-likeness (QED) is 0.206. The lowest BCUT2D eigenvalue weighted by molar-refractivity contribution is 1.13. The van der Waals surface area contributed by atoms with Crippen molar-refractivity contribution in [2.45, 2.75) is 13.8 Å². The van der Waals surface area contributed by atoms with E-state index in [-0.39, 0.29) is 0 Å². The Bertz CT molecular complexity index is 2400. The molecule has 3 aromatic heterocycles. The van der Waals surface area contributed by atoms with Crippen LogP contribution in [-0.4, -0.2) is 14.1 Å². The first-order valence-corrected chi connectivity index (χ1v) is 14.1. The van der Waals surface area contributed by atoms with E-state index >= 15 is 0 Å². The lowest BCUT2D eigenvalue weighted by Gasteiger charge is -2.18. The number of aromatic nitrogens is 3. The molecule has 0 atom stereocenters. The first-order valence-electron chi connectivity index (χ1n) is 14.1. The molecule has 0 spiro atoms. The predicted molar refractivity (Wildman–Crippen MR) is 174 cm³/mol. The zero-order chi connectivity index (χ0) is 28.4. The van der Waals surface area contributed by atoms with Crippen LogP contribution in [0.15, 0.2) is 122 Å². The maximum atomic E-state index is 7.86. The van der Waals surface area contributed by atoms with Crippen molar-refractivity contribution in [1.29, 1.82) is 0 Å². The second kappa shape index (κ2) is 9.19. The van der Waals surface area contributed by atoms with Crippen molar-refractivity contribution in [1.82, 2.24) is 14.1 Å². The van der Waals surface area contributed by atoms with Gasteiger partial charge in [0.25, 0.3) is 0 Å². The summed E-state index contributed by atoms with van der Waals surface area (Å²) in [5, 5.41) is 4.86. The molecule has 0 saturated heterocycles. The van der Waals surface area contributed by atoms with Crippen LogP contribution in [0.1, 0.15) is 11.1 Å². The van der Waals surface area contributed by atoms with Gasteiger partial charge < -0.3 is 9.13 Å². The smallest absolute Gasteiger partial charge is 0.188 e. The topological polar surface area (TPSA) is 27.1 Å². The lowest BCUT2D eigenvalue weighted by atomic mass is 10.0. The summed E-state index contributed by atoms with van der Waals surface area (Å²) in [5.74, 6) is 0. The van der Waals surface area contributed by atoms with Gasteiger partial charge in [0.2, 0.25) is 0 Å². The Hall–Kier alpha value is -5.66. The second-order valence-corrected chi connectivity index (χ2v) is 11.0. The second-order valence-electron chi connectivity index (χ2n) is 11.0. The van der Waals surface area contributed by atoms with E-state index < -0.39 is 0 Å². The Morgan fingerprint density at radius 3 is 1.74 bits per heavy atom.